The number of hydrogen-bond acceptors (Lipinski definition) is 5. The molecule has 0 fully saturated rings. The summed E-state index contributed by atoms with van der Waals surface area (Å²) in [6.07, 6.45) is 0.587. The number of unbranched alkanes of at least 4 members (excludes halogenated alkanes) is 1. The summed E-state index contributed by atoms with van der Waals surface area (Å²) in [5.41, 5.74) is 5.07. The van der Waals surface area contributed by atoms with E-state index in [9.17, 15) is 4.57 Å². The van der Waals surface area contributed by atoms with Crippen molar-refractivity contribution in [2.75, 3.05) is 19.4 Å². The number of hydrogen-bond donors (Lipinski definition) is 4. The van der Waals surface area contributed by atoms with Crippen LogP contribution >= 0.6 is 7.60 Å². The number of nitrogens with one attached hydrogen (secondary N) is 1. The molecule has 0 aromatic heterocycles. The van der Waals surface area contributed by atoms with E-state index in [0.29, 0.717) is 19.4 Å². The third-order valence-electron chi connectivity index (χ3n) is 1.13. The minimum atomic E-state index is -3.84. The highest BCUT2D eigenvalue weighted by molar-refractivity contribution is 7.52. The molecule has 12 heavy (non-hydrogen) atoms. The van der Waals surface area contributed by atoms with Gasteiger partial charge in [0, 0.05) is 0 Å². The second-order valence-corrected chi connectivity index (χ2v) is 4.07. The molecule has 0 aromatic carbocycles. The van der Waals surface area contributed by atoms with Crippen LogP contribution in [0.5, 0.6) is 0 Å². The van der Waals surface area contributed by atoms with Crippen LogP contribution in [0.25, 0.3) is 0 Å². The molecule has 7 heteroatoms. The van der Waals surface area contributed by atoms with Gasteiger partial charge in [-0.25, -0.2) is 0 Å². The fraction of sp³-hybridized carbons (Fsp3) is 1.00. The molecule has 0 aliphatic carbocycles. The van der Waals surface area contributed by atoms with Gasteiger partial charge in [0.05, 0.1) is 6.61 Å². The molecule has 1 unspecified atom stereocenters. The molecule has 5 N–H and O–H groups in total. The van der Waals surface area contributed by atoms with Crippen molar-refractivity contribution in [3.05, 3.63) is 0 Å². The van der Waals surface area contributed by atoms with E-state index in [-0.39, 0.29) is 12.1 Å². The average molecular weight is 199 g/mol. The fourth-order valence-corrected chi connectivity index (χ4v) is 1.23. The summed E-state index contributed by atoms with van der Waals surface area (Å²) in [4.78, 5) is 8.96. The Morgan fingerprint density at radius 3 is 2.83 bits per heavy atom. The van der Waals surface area contributed by atoms with Crippen LogP contribution in [0.1, 0.15) is 12.8 Å². The lowest BCUT2D eigenvalue weighted by molar-refractivity contribution is 0.168. The lowest BCUT2D eigenvalue weighted by Crippen LogP contribution is -2.11. The van der Waals surface area contributed by atoms with Crippen molar-refractivity contribution in [2.24, 2.45) is 5.73 Å². The summed E-state index contributed by atoms with van der Waals surface area (Å²) in [6.45, 7) is 0.614. The van der Waals surface area contributed by atoms with Crippen LogP contribution in [0.2, 0.25) is 1.41 Å². The smallest absolute Gasteiger partial charge is 0.330 e. The second kappa shape index (κ2) is 6.54. The monoisotopic (exact) mass is 199 g/mol. The van der Waals surface area contributed by atoms with Gasteiger partial charge in [-0.15, -0.1) is 0 Å². The van der Waals surface area contributed by atoms with Crippen molar-refractivity contribution in [2.45, 2.75) is 12.8 Å². The van der Waals surface area contributed by atoms with E-state index in [2.05, 4.69) is 4.52 Å². The highest BCUT2D eigenvalue weighted by Gasteiger charge is 2.17. The van der Waals surface area contributed by atoms with Crippen LogP contribution in [0, 0.1) is 0 Å². The summed E-state index contributed by atoms with van der Waals surface area (Å²) >= 11 is 0. The molecule has 74 valence electrons. The van der Waals surface area contributed by atoms with Crippen molar-refractivity contribution in [1.82, 2.24) is 5.47 Å². The first-order valence-corrected chi connectivity index (χ1v) is 5.36. The van der Waals surface area contributed by atoms with E-state index in [1.54, 1.807) is 0 Å². The summed E-state index contributed by atoms with van der Waals surface area (Å²) in [6, 6.07) is 0. The Kier molecular flexibility index (Phi) is 5.51. The largest absolute Gasteiger partial charge is 0.344 e. The molecule has 0 spiro atoms. The summed E-state index contributed by atoms with van der Waals surface area (Å²) in [5.74, 6) is 0. The van der Waals surface area contributed by atoms with E-state index in [1.165, 1.54) is 0 Å². The molecule has 0 heterocycles. The Balaban J connectivity index is 3.57. The zero-order valence-electron chi connectivity index (χ0n) is 7.72. The summed E-state index contributed by atoms with van der Waals surface area (Å²) in [7, 11) is -3.84. The van der Waals surface area contributed by atoms with E-state index in [4.69, 9.17) is 17.2 Å². The van der Waals surface area contributed by atoms with Gasteiger partial charge in [-0.1, -0.05) is 0 Å². The SMILES string of the molecule is [2H]N(O)CP(=O)(O)OCCCCN. The van der Waals surface area contributed by atoms with Crippen LogP contribution in [0.15, 0.2) is 0 Å². The van der Waals surface area contributed by atoms with E-state index >= 15 is 0 Å². The molecule has 0 aliphatic heterocycles. The Labute approximate surface area is 72.7 Å². The molecule has 0 saturated carbocycles. The number of rotatable bonds is 7. The van der Waals surface area contributed by atoms with Gasteiger partial charge in [-0.3, -0.25) is 4.57 Å². The summed E-state index contributed by atoms with van der Waals surface area (Å²) in [5, 5.41) is 8.36. The zero-order valence-corrected chi connectivity index (χ0v) is 7.61. The van der Waals surface area contributed by atoms with Gasteiger partial charge < -0.3 is 20.4 Å². The predicted octanol–water partition coefficient (Wildman–Crippen LogP) is -0.136. The van der Waals surface area contributed by atoms with E-state index in [0.717, 1.165) is 0 Å². The van der Waals surface area contributed by atoms with Crippen LogP contribution < -0.4 is 11.2 Å². The van der Waals surface area contributed by atoms with Crippen molar-refractivity contribution in [3.63, 3.8) is 0 Å². The topological polar surface area (TPSA) is 105 Å². The molecule has 0 aliphatic rings. The van der Waals surface area contributed by atoms with E-state index < -0.39 is 13.9 Å². The first-order valence-electron chi connectivity index (χ1n) is 4.04. The van der Waals surface area contributed by atoms with Gasteiger partial charge in [0.2, 0.25) is 0 Å². The lowest BCUT2D eigenvalue weighted by Gasteiger charge is -2.09. The highest BCUT2D eigenvalue weighted by atomic mass is 31.2. The van der Waals surface area contributed by atoms with Crippen molar-refractivity contribution >= 4 is 7.60 Å². The van der Waals surface area contributed by atoms with E-state index in [1.807, 2.05) is 0 Å². The molecular formula is C5H15N2O4P. The maximum Gasteiger partial charge on any atom is 0.344 e. The van der Waals surface area contributed by atoms with Gasteiger partial charge in [-0.05, 0) is 19.4 Å². The third-order valence-corrected chi connectivity index (χ3v) is 2.20. The molecule has 0 rings (SSSR count). The normalized spacial score (nSPS) is 17.5. The van der Waals surface area contributed by atoms with Gasteiger partial charge >= 0.3 is 7.60 Å². The molecule has 6 nitrogen and oxygen atoms in total. The summed E-state index contributed by atoms with van der Waals surface area (Å²) < 4.78 is 22.1. The average Bonchev–Trinajstić information content (AvgIpc) is 1.95. The highest BCUT2D eigenvalue weighted by Crippen LogP contribution is 2.40. The van der Waals surface area contributed by atoms with Gasteiger partial charge in [0.25, 0.3) is 0 Å². The Morgan fingerprint density at radius 2 is 2.33 bits per heavy atom. The van der Waals surface area contributed by atoms with Crippen LogP contribution in [0.4, 0.5) is 0 Å². The molecule has 0 bridgehead atoms. The van der Waals surface area contributed by atoms with Gasteiger partial charge in [0.1, 0.15) is 6.29 Å². The van der Waals surface area contributed by atoms with Crippen LogP contribution in [-0.2, 0) is 9.09 Å². The minimum Gasteiger partial charge on any atom is -0.330 e. The Bertz CT molecular complexity index is 180. The number of hydroxylamine groups is 1. The molecule has 1 atom stereocenters. The van der Waals surface area contributed by atoms with Gasteiger partial charge in [-0.2, -0.15) is 5.47 Å². The first kappa shape index (κ1) is 10.1. The second-order valence-electron chi connectivity index (χ2n) is 2.25. The molecule has 0 amide bonds. The van der Waals surface area contributed by atoms with Crippen molar-refractivity contribution in [3.8, 4) is 0 Å². The fourth-order valence-electron chi connectivity index (χ4n) is 0.574. The minimum absolute atomic E-state index is 0.110. The van der Waals surface area contributed by atoms with Crippen LogP contribution in [0.3, 0.4) is 0 Å². The lowest BCUT2D eigenvalue weighted by atomic mass is 10.3. The molecule has 0 saturated heterocycles. The number of nitrogens with two attached hydrogens (primary N) is 1. The predicted molar refractivity (Wildman–Crippen MR) is 43.9 cm³/mol. The van der Waals surface area contributed by atoms with Crippen molar-refractivity contribution < 1.29 is 20.6 Å². The first-order chi connectivity index (χ1) is 5.98. The van der Waals surface area contributed by atoms with Gasteiger partial charge in [0.15, 0.2) is 1.41 Å². The Morgan fingerprint density at radius 1 is 1.67 bits per heavy atom. The molecule has 0 radical (unpaired) electrons. The maximum absolute atomic E-state index is 11.0. The van der Waals surface area contributed by atoms with Crippen molar-refractivity contribution in [1.29, 1.82) is 0 Å². The van der Waals surface area contributed by atoms with Crippen LogP contribution in [-0.4, -0.2) is 29.5 Å². The standard InChI is InChI=1S/C5H15N2O4P/c6-3-1-2-4-11-12(9,10)5-7-8/h7-8H,1-6H2,(H,9,10)/i/hD. The molecule has 0 aromatic rings. The maximum atomic E-state index is 11.0. The quantitative estimate of drug-likeness (QED) is 0.258. The Hall–Kier alpha value is 0.0300. The third kappa shape index (κ3) is 6.72. The zero-order chi connectivity index (χ0) is 10.3. The molecular weight excluding hydrogens is 183 g/mol.